The van der Waals surface area contributed by atoms with E-state index in [-0.39, 0.29) is 11.9 Å². The van der Waals surface area contributed by atoms with Crippen LogP contribution in [0.5, 0.6) is 0 Å². The van der Waals surface area contributed by atoms with E-state index in [2.05, 4.69) is 15.0 Å². The molecule has 0 spiro atoms. The zero-order chi connectivity index (χ0) is 23.5. The van der Waals surface area contributed by atoms with Gasteiger partial charge in [0.05, 0.1) is 0 Å². The fraction of sp³-hybridized carbons (Fsp3) is 0.333. The van der Waals surface area contributed by atoms with Crippen molar-refractivity contribution in [3.05, 3.63) is 65.5 Å². The Balaban J connectivity index is 1.37. The number of carbonyl (C=O) groups excluding carboxylic acids is 1. The monoisotopic (exact) mass is 449 g/mol. The lowest BCUT2D eigenvalue weighted by Crippen LogP contribution is -2.53. The largest absolute Gasteiger partial charge is 0.465 e. The second kappa shape index (κ2) is 9.41. The van der Waals surface area contributed by atoms with E-state index in [9.17, 15) is 14.7 Å². The molecule has 0 bridgehead atoms. The number of nitrogens with zero attached hydrogens (tertiary/aromatic N) is 5. The van der Waals surface area contributed by atoms with Crippen molar-refractivity contribution >= 4 is 17.7 Å². The summed E-state index contributed by atoms with van der Waals surface area (Å²) >= 11 is 0. The molecule has 1 N–H and O–H groups in total. The van der Waals surface area contributed by atoms with Crippen molar-refractivity contribution in [1.29, 1.82) is 0 Å². The molecule has 0 unspecified atom stereocenters. The minimum absolute atomic E-state index is 0.0329. The lowest BCUT2D eigenvalue weighted by Gasteiger charge is -2.38. The summed E-state index contributed by atoms with van der Waals surface area (Å²) in [6.45, 7) is 6.34. The molecule has 0 saturated carbocycles. The molecule has 1 atom stereocenters. The van der Waals surface area contributed by atoms with Gasteiger partial charge in [-0.15, -0.1) is 0 Å². The molecule has 1 aromatic heterocycles. The molecule has 172 valence electrons. The van der Waals surface area contributed by atoms with Crippen LogP contribution in [-0.4, -0.2) is 69.8 Å². The Bertz CT molecular complexity index is 1130. The van der Waals surface area contributed by atoms with Gasteiger partial charge in [0.2, 0.25) is 0 Å². The van der Waals surface area contributed by atoms with Crippen LogP contribution >= 0.6 is 0 Å². The fourth-order valence-electron chi connectivity index (χ4n) is 4.02. The quantitative estimate of drug-likeness (QED) is 0.636. The highest BCUT2D eigenvalue weighted by molar-refractivity contribution is 6.05. The zero-order valence-corrected chi connectivity index (χ0v) is 18.9. The van der Waals surface area contributed by atoms with Crippen LogP contribution < -0.4 is 4.90 Å². The first kappa shape index (κ1) is 22.5. The van der Waals surface area contributed by atoms with E-state index in [1.807, 2.05) is 31.2 Å². The SMILES string of the molecule is Cc1noc(-c2ccc(C(=O)N(C)c3ccc(CN4CCN(C(=O)O)[C@@H](C)C4)cc3)cc2)n1. The molecule has 0 aliphatic carbocycles. The predicted octanol–water partition coefficient (Wildman–Crippen LogP) is 3.51. The van der Waals surface area contributed by atoms with Crippen LogP contribution in [0.1, 0.15) is 28.7 Å². The van der Waals surface area contributed by atoms with Crippen LogP contribution in [0.4, 0.5) is 10.5 Å². The van der Waals surface area contributed by atoms with Gasteiger partial charge in [-0.1, -0.05) is 17.3 Å². The number of benzene rings is 2. The number of carboxylic acid groups (broad SMARTS) is 1. The summed E-state index contributed by atoms with van der Waals surface area (Å²) in [7, 11) is 1.75. The van der Waals surface area contributed by atoms with Crippen molar-refractivity contribution in [2.24, 2.45) is 0 Å². The van der Waals surface area contributed by atoms with Crippen molar-refractivity contribution in [3.8, 4) is 11.5 Å². The van der Waals surface area contributed by atoms with E-state index in [0.717, 1.165) is 23.4 Å². The number of aryl methyl sites for hydroxylation is 1. The van der Waals surface area contributed by atoms with Crippen LogP contribution in [0.3, 0.4) is 0 Å². The molecule has 1 aliphatic rings. The Morgan fingerprint density at radius 3 is 2.39 bits per heavy atom. The van der Waals surface area contributed by atoms with Crippen LogP contribution in [0, 0.1) is 6.92 Å². The van der Waals surface area contributed by atoms with Crippen LogP contribution in [0.25, 0.3) is 11.5 Å². The molecule has 33 heavy (non-hydrogen) atoms. The summed E-state index contributed by atoms with van der Waals surface area (Å²) in [4.78, 5) is 33.7. The van der Waals surface area contributed by atoms with E-state index >= 15 is 0 Å². The standard InChI is InChI=1S/C24H27N5O4/c1-16-14-28(12-13-29(16)24(31)32)15-18-4-10-21(11-5-18)27(3)23(30)20-8-6-19(7-9-20)22-25-17(2)26-33-22/h4-11,16H,12-15H2,1-3H3,(H,31,32)/t16-/m0/s1. The van der Waals surface area contributed by atoms with Gasteiger partial charge < -0.3 is 19.4 Å². The Kier molecular flexibility index (Phi) is 6.41. The summed E-state index contributed by atoms with van der Waals surface area (Å²) in [6.07, 6.45) is -0.862. The van der Waals surface area contributed by atoms with Crippen molar-refractivity contribution < 1.29 is 19.2 Å². The Labute approximate surface area is 192 Å². The van der Waals surface area contributed by atoms with E-state index in [1.165, 1.54) is 4.90 Å². The highest BCUT2D eigenvalue weighted by Gasteiger charge is 2.27. The second-order valence-corrected chi connectivity index (χ2v) is 8.31. The van der Waals surface area contributed by atoms with Crippen LogP contribution in [0.2, 0.25) is 0 Å². The molecule has 9 nitrogen and oxygen atoms in total. The molecule has 2 heterocycles. The fourth-order valence-corrected chi connectivity index (χ4v) is 4.02. The molecule has 1 aliphatic heterocycles. The minimum Gasteiger partial charge on any atom is -0.465 e. The maximum Gasteiger partial charge on any atom is 0.407 e. The number of piperazine rings is 1. The van der Waals surface area contributed by atoms with Crippen LogP contribution in [0.15, 0.2) is 53.1 Å². The van der Waals surface area contributed by atoms with Crippen molar-refractivity contribution in [1.82, 2.24) is 19.9 Å². The van der Waals surface area contributed by atoms with Crippen molar-refractivity contribution in [2.45, 2.75) is 26.4 Å². The van der Waals surface area contributed by atoms with E-state index in [1.54, 1.807) is 43.1 Å². The summed E-state index contributed by atoms with van der Waals surface area (Å²) in [5.74, 6) is 0.870. The number of rotatable bonds is 5. The highest BCUT2D eigenvalue weighted by atomic mass is 16.5. The molecule has 9 heteroatoms. The smallest absolute Gasteiger partial charge is 0.407 e. The zero-order valence-electron chi connectivity index (χ0n) is 18.9. The normalized spacial score (nSPS) is 16.6. The topological polar surface area (TPSA) is 103 Å². The molecule has 2 amide bonds. The average molecular weight is 450 g/mol. The van der Waals surface area contributed by atoms with Gasteiger partial charge in [0.1, 0.15) is 0 Å². The van der Waals surface area contributed by atoms with E-state index in [0.29, 0.717) is 36.9 Å². The predicted molar refractivity (Wildman–Crippen MR) is 123 cm³/mol. The molecule has 4 rings (SSSR count). The third-order valence-corrected chi connectivity index (χ3v) is 5.90. The third-order valence-electron chi connectivity index (χ3n) is 5.90. The number of hydrogen-bond acceptors (Lipinski definition) is 6. The van der Waals surface area contributed by atoms with Crippen LogP contribution in [-0.2, 0) is 6.54 Å². The molecule has 1 fully saturated rings. The summed E-state index contributed by atoms with van der Waals surface area (Å²) < 4.78 is 5.17. The van der Waals surface area contributed by atoms with Gasteiger partial charge in [-0.05, 0) is 55.8 Å². The van der Waals surface area contributed by atoms with Gasteiger partial charge in [-0.2, -0.15) is 4.98 Å². The van der Waals surface area contributed by atoms with Gasteiger partial charge in [0.25, 0.3) is 11.8 Å². The lowest BCUT2D eigenvalue weighted by molar-refractivity contribution is 0.0711. The molecular weight excluding hydrogens is 422 g/mol. The molecular formula is C24H27N5O4. The number of carbonyl (C=O) groups is 2. The van der Waals surface area contributed by atoms with Gasteiger partial charge >= 0.3 is 6.09 Å². The first-order valence-corrected chi connectivity index (χ1v) is 10.8. The number of anilines is 1. The molecule has 3 aromatic rings. The number of amides is 2. The van der Waals surface area contributed by atoms with Crippen molar-refractivity contribution in [3.63, 3.8) is 0 Å². The van der Waals surface area contributed by atoms with Gasteiger partial charge in [-0.3, -0.25) is 9.69 Å². The maximum atomic E-state index is 12.9. The first-order chi connectivity index (χ1) is 15.8. The number of hydrogen-bond donors (Lipinski definition) is 1. The first-order valence-electron chi connectivity index (χ1n) is 10.8. The summed E-state index contributed by atoms with van der Waals surface area (Å²) in [5, 5.41) is 13.0. The second-order valence-electron chi connectivity index (χ2n) is 8.31. The average Bonchev–Trinajstić information content (AvgIpc) is 3.25. The molecule has 1 saturated heterocycles. The molecule has 2 aromatic carbocycles. The Morgan fingerprint density at radius 1 is 1.12 bits per heavy atom. The van der Waals surface area contributed by atoms with Gasteiger partial charge in [0.15, 0.2) is 5.82 Å². The summed E-state index contributed by atoms with van der Waals surface area (Å²) in [5.41, 5.74) is 3.24. The maximum absolute atomic E-state index is 12.9. The molecule has 0 radical (unpaired) electrons. The number of aromatic nitrogens is 2. The lowest BCUT2D eigenvalue weighted by atomic mass is 10.1. The minimum atomic E-state index is -0.862. The summed E-state index contributed by atoms with van der Waals surface area (Å²) in [6, 6.07) is 14.9. The Morgan fingerprint density at radius 2 is 1.82 bits per heavy atom. The van der Waals surface area contributed by atoms with Gasteiger partial charge in [-0.25, -0.2) is 4.79 Å². The van der Waals surface area contributed by atoms with E-state index < -0.39 is 6.09 Å². The third kappa shape index (κ3) is 5.04. The van der Waals surface area contributed by atoms with Crippen molar-refractivity contribution in [2.75, 3.05) is 31.6 Å². The Hall–Kier alpha value is -3.72. The highest BCUT2D eigenvalue weighted by Crippen LogP contribution is 2.21. The van der Waals surface area contributed by atoms with Gasteiger partial charge in [0, 0.05) is 56.1 Å². The van der Waals surface area contributed by atoms with E-state index in [4.69, 9.17) is 4.52 Å².